The molecule has 1 aromatic rings. The minimum absolute atomic E-state index is 0.206. The molecular weight excluding hydrogens is 282 g/mol. The average Bonchev–Trinajstić information content (AvgIpc) is 2.19. The fraction of sp³-hybridized carbons (Fsp3) is 0.222. The van der Waals surface area contributed by atoms with E-state index in [0.29, 0.717) is 0 Å². The number of alkyl halides is 3. The second-order valence-electron chi connectivity index (χ2n) is 3.12. The Morgan fingerprint density at radius 1 is 1.29 bits per heavy atom. The van der Waals surface area contributed by atoms with Crippen LogP contribution in [0.2, 0.25) is 10.0 Å². The Morgan fingerprint density at radius 2 is 1.82 bits per heavy atom. The maximum Gasteiger partial charge on any atom is 0.454 e. The van der Waals surface area contributed by atoms with E-state index in [1.165, 1.54) is 0 Å². The molecule has 1 rings (SSSR count). The Hall–Kier alpha value is -1.14. The summed E-state index contributed by atoms with van der Waals surface area (Å²) in [4.78, 5) is 22.0. The Balaban J connectivity index is 3.39. The number of benzene rings is 1. The van der Waals surface area contributed by atoms with Gasteiger partial charge in [0.1, 0.15) is 5.02 Å². The molecule has 0 aliphatic rings. The number of nitrogens with zero attached hydrogens (tertiary/aromatic N) is 1. The van der Waals surface area contributed by atoms with Crippen molar-refractivity contribution in [2.45, 2.75) is 6.18 Å². The van der Waals surface area contributed by atoms with Crippen molar-refractivity contribution < 1.29 is 22.7 Å². The molecular formula is C9H5Cl2F3NO2+. The van der Waals surface area contributed by atoms with E-state index in [1.807, 2.05) is 0 Å². The molecule has 92 valence electrons. The predicted molar refractivity (Wildman–Crippen MR) is 56.1 cm³/mol. The number of rotatable bonds is 2. The first-order valence-corrected chi connectivity index (χ1v) is 4.91. The summed E-state index contributed by atoms with van der Waals surface area (Å²) in [6, 6.07) is 1.52. The van der Waals surface area contributed by atoms with Gasteiger partial charge in [-0.1, -0.05) is 23.2 Å². The van der Waals surface area contributed by atoms with E-state index in [1.54, 1.807) is 0 Å². The maximum atomic E-state index is 12.2. The van der Waals surface area contributed by atoms with Crippen LogP contribution in [0.15, 0.2) is 12.1 Å². The summed E-state index contributed by atoms with van der Waals surface area (Å²) in [6.07, 6.45) is -5.03. The molecule has 0 spiro atoms. The first-order valence-electron chi connectivity index (χ1n) is 4.16. The van der Waals surface area contributed by atoms with E-state index in [9.17, 15) is 22.9 Å². The molecule has 0 fully saturated rings. The maximum absolute atomic E-state index is 12.2. The van der Waals surface area contributed by atoms with E-state index in [0.717, 1.165) is 19.2 Å². The second-order valence-corrected chi connectivity index (χ2v) is 3.90. The number of halogens is 5. The molecule has 0 aliphatic heterocycles. The lowest BCUT2D eigenvalue weighted by Gasteiger charge is -2.06. The lowest BCUT2D eigenvalue weighted by atomic mass is 10.1. The molecule has 3 nitrogen and oxygen atoms in total. The van der Waals surface area contributed by atoms with Gasteiger partial charge in [0, 0.05) is 21.3 Å². The molecule has 0 bridgehead atoms. The van der Waals surface area contributed by atoms with Crippen molar-refractivity contribution in [2.75, 3.05) is 7.05 Å². The molecule has 0 atom stereocenters. The van der Waals surface area contributed by atoms with Gasteiger partial charge in [0.2, 0.25) is 0 Å². The van der Waals surface area contributed by atoms with E-state index >= 15 is 0 Å². The number of hydrogen-bond acceptors (Lipinski definition) is 2. The molecule has 0 aromatic heterocycles. The number of carbonyl (C=O) groups is 1. The minimum Gasteiger partial charge on any atom is -0.284 e. The molecule has 1 aromatic carbocycles. The van der Waals surface area contributed by atoms with Crippen molar-refractivity contribution in [3.05, 3.63) is 32.6 Å². The van der Waals surface area contributed by atoms with E-state index < -0.39 is 17.5 Å². The first kappa shape index (κ1) is 13.9. The van der Waals surface area contributed by atoms with Gasteiger partial charge in [-0.15, -0.1) is 0 Å². The molecule has 0 amide bonds. The fourth-order valence-corrected chi connectivity index (χ4v) is 1.54. The molecule has 0 saturated heterocycles. The van der Waals surface area contributed by atoms with Gasteiger partial charge in [-0.3, -0.25) is 4.79 Å². The smallest absolute Gasteiger partial charge is 0.284 e. The number of hydrogen-bond donors (Lipinski definition) is 0. The fourth-order valence-electron chi connectivity index (χ4n) is 1.10. The van der Waals surface area contributed by atoms with Crippen LogP contribution < -0.4 is 0 Å². The van der Waals surface area contributed by atoms with Gasteiger partial charge in [-0.05, 0) is 6.07 Å². The third kappa shape index (κ3) is 2.95. The topological polar surface area (TPSA) is 37.1 Å². The van der Waals surface area contributed by atoms with Crippen LogP contribution in [-0.2, 0) is 0 Å². The van der Waals surface area contributed by atoms with E-state index in [4.69, 9.17) is 23.2 Å². The van der Waals surface area contributed by atoms with Gasteiger partial charge in [0.15, 0.2) is 7.05 Å². The standard InChI is InChI=1S/C9H5Cl2F3NO2/c1-15(17)6-3-4(2-5(10)7(6)11)8(16)9(12,13)14/h2-3H,1H3/q+1. The molecule has 0 heterocycles. The third-order valence-electron chi connectivity index (χ3n) is 1.87. The van der Waals surface area contributed by atoms with Crippen LogP contribution in [-0.4, -0.2) is 23.8 Å². The van der Waals surface area contributed by atoms with Crippen LogP contribution in [0.25, 0.3) is 0 Å². The predicted octanol–water partition coefficient (Wildman–Crippen LogP) is 3.78. The highest BCUT2D eigenvalue weighted by atomic mass is 35.5. The zero-order chi connectivity index (χ0) is 13.4. The summed E-state index contributed by atoms with van der Waals surface area (Å²) in [5, 5.41) is -0.498. The Bertz CT molecular complexity index is 500. The van der Waals surface area contributed by atoms with Crippen molar-refractivity contribution in [1.29, 1.82) is 0 Å². The molecule has 8 heteroatoms. The molecule has 0 aliphatic carbocycles. The average molecular weight is 287 g/mol. The Morgan fingerprint density at radius 3 is 2.24 bits per heavy atom. The Kier molecular flexibility index (Phi) is 3.78. The van der Waals surface area contributed by atoms with Gasteiger partial charge >= 0.3 is 6.18 Å². The van der Waals surface area contributed by atoms with Gasteiger partial charge in [-0.2, -0.15) is 13.2 Å². The number of Topliss-reactive ketones (excluding diaryl/α,β-unsaturated/α-hetero) is 1. The van der Waals surface area contributed by atoms with Gasteiger partial charge in [-0.25, -0.2) is 0 Å². The molecule has 0 N–H and O–H groups in total. The number of carbonyl (C=O) groups excluding carboxylic acids is 1. The van der Waals surface area contributed by atoms with Gasteiger partial charge in [0.25, 0.3) is 11.5 Å². The second kappa shape index (κ2) is 4.62. The lowest BCUT2D eigenvalue weighted by Crippen LogP contribution is -2.22. The van der Waals surface area contributed by atoms with Crippen LogP contribution in [0, 0.1) is 4.91 Å². The lowest BCUT2D eigenvalue weighted by molar-refractivity contribution is -0.428. The summed E-state index contributed by atoms with van der Waals surface area (Å²) in [5.41, 5.74) is -1.03. The Labute approximate surface area is 104 Å². The summed E-state index contributed by atoms with van der Waals surface area (Å²) >= 11 is 11.2. The van der Waals surface area contributed by atoms with Gasteiger partial charge in [0.05, 0.1) is 5.02 Å². The highest BCUT2D eigenvalue weighted by Crippen LogP contribution is 2.34. The zero-order valence-corrected chi connectivity index (χ0v) is 9.82. The van der Waals surface area contributed by atoms with Crippen LogP contribution in [0.3, 0.4) is 0 Å². The van der Waals surface area contributed by atoms with E-state index in [2.05, 4.69) is 0 Å². The van der Waals surface area contributed by atoms with Crippen LogP contribution in [0.4, 0.5) is 18.9 Å². The SMILES string of the molecule is C[N+](=O)c1cc(C(=O)C(F)(F)F)cc(Cl)c1Cl. The highest BCUT2D eigenvalue weighted by molar-refractivity contribution is 6.43. The van der Waals surface area contributed by atoms with Crippen molar-refractivity contribution in [1.82, 2.24) is 0 Å². The summed E-state index contributed by atoms with van der Waals surface area (Å²) in [6.45, 7) is 0. The molecule has 0 saturated carbocycles. The number of ketones is 1. The molecule has 0 radical (unpaired) electrons. The third-order valence-corrected chi connectivity index (χ3v) is 2.66. The van der Waals surface area contributed by atoms with Crippen LogP contribution >= 0.6 is 23.2 Å². The van der Waals surface area contributed by atoms with Crippen molar-refractivity contribution in [3.63, 3.8) is 0 Å². The summed E-state index contributed by atoms with van der Waals surface area (Å²) < 4.78 is 36.8. The van der Waals surface area contributed by atoms with Crippen molar-refractivity contribution in [2.24, 2.45) is 0 Å². The number of nitroso groups, excluding NO2 is 1. The van der Waals surface area contributed by atoms with Gasteiger partial charge < -0.3 is 0 Å². The van der Waals surface area contributed by atoms with Crippen LogP contribution in [0.1, 0.15) is 10.4 Å². The minimum atomic E-state index is -5.03. The first-order chi connectivity index (χ1) is 7.64. The monoisotopic (exact) mass is 286 g/mol. The van der Waals surface area contributed by atoms with Crippen LogP contribution in [0.5, 0.6) is 0 Å². The largest absolute Gasteiger partial charge is 0.454 e. The zero-order valence-electron chi connectivity index (χ0n) is 8.31. The quantitative estimate of drug-likeness (QED) is 0.613. The molecule has 0 unspecified atom stereocenters. The van der Waals surface area contributed by atoms with Crippen molar-refractivity contribution in [3.8, 4) is 0 Å². The molecule has 17 heavy (non-hydrogen) atoms. The van der Waals surface area contributed by atoms with E-state index in [-0.39, 0.29) is 20.5 Å². The summed E-state index contributed by atoms with van der Waals surface area (Å²) in [5.74, 6) is -2.08. The summed E-state index contributed by atoms with van der Waals surface area (Å²) in [7, 11) is 1.03. The van der Waals surface area contributed by atoms with Crippen molar-refractivity contribution >= 4 is 34.7 Å². The normalized spacial score (nSPS) is 11.4. The highest BCUT2D eigenvalue weighted by Gasteiger charge is 2.40.